The minimum atomic E-state index is 0.383. The monoisotopic (exact) mass is 296 g/mol. The van der Waals surface area contributed by atoms with Gasteiger partial charge in [-0.2, -0.15) is 0 Å². The molecule has 0 spiro atoms. The zero-order valence-electron chi connectivity index (χ0n) is 13.4. The average molecular weight is 296 g/mol. The number of aromatic nitrogens is 2. The van der Waals surface area contributed by atoms with Crippen molar-refractivity contribution in [1.29, 1.82) is 0 Å². The number of rotatable bonds is 4. The number of piperazine rings is 1. The van der Waals surface area contributed by atoms with Crippen molar-refractivity contribution in [3.8, 4) is 0 Å². The van der Waals surface area contributed by atoms with Gasteiger partial charge in [-0.3, -0.25) is 19.8 Å². The Bertz CT molecular complexity index is 511. The smallest absolute Gasteiger partial charge is 0.0572 e. The SMILES string of the molecule is CC(c1ccccn1)N1CCN(C(C)c2ccccn2)CC1. The van der Waals surface area contributed by atoms with Crippen LogP contribution in [0.15, 0.2) is 48.8 Å². The molecule has 2 atom stereocenters. The molecular formula is C18H24N4. The van der Waals surface area contributed by atoms with Crippen LogP contribution in [0.1, 0.15) is 37.3 Å². The molecule has 4 nitrogen and oxygen atoms in total. The topological polar surface area (TPSA) is 32.3 Å². The van der Waals surface area contributed by atoms with Crippen LogP contribution in [-0.4, -0.2) is 45.9 Å². The average Bonchev–Trinajstić information content (AvgIpc) is 2.62. The van der Waals surface area contributed by atoms with E-state index in [-0.39, 0.29) is 0 Å². The summed E-state index contributed by atoms with van der Waals surface area (Å²) in [4.78, 5) is 14.0. The van der Waals surface area contributed by atoms with E-state index in [2.05, 4.69) is 57.9 Å². The van der Waals surface area contributed by atoms with E-state index in [4.69, 9.17) is 0 Å². The summed E-state index contributed by atoms with van der Waals surface area (Å²) < 4.78 is 0. The predicted molar refractivity (Wildman–Crippen MR) is 88.5 cm³/mol. The first kappa shape index (κ1) is 15.1. The molecule has 22 heavy (non-hydrogen) atoms. The van der Waals surface area contributed by atoms with Crippen LogP contribution >= 0.6 is 0 Å². The summed E-state index contributed by atoms with van der Waals surface area (Å²) in [7, 11) is 0. The van der Waals surface area contributed by atoms with Crippen LogP contribution in [0, 0.1) is 0 Å². The second kappa shape index (κ2) is 6.99. The summed E-state index contributed by atoms with van der Waals surface area (Å²) in [5, 5.41) is 0. The third kappa shape index (κ3) is 3.34. The largest absolute Gasteiger partial charge is 0.293 e. The lowest BCUT2D eigenvalue weighted by molar-refractivity contribution is 0.0759. The summed E-state index contributed by atoms with van der Waals surface area (Å²) in [5.41, 5.74) is 2.32. The molecule has 1 saturated heterocycles. The van der Waals surface area contributed by atoms with Crippen molar-refractivity contribution < 1.29 is 0 Å². The van der Waals surface area contributed by atoms with E-state index in [9.17, 15) is 0 Å². The fourth-order valence-electron chi connectivity index (χ4n) is 3.13. The molecule has 0 radical (unpaired) electrons. The van der Waals surface area contributed by atoms with Crippen molar-refractivity contribution >= 4 is 0 Å². The van der Waals surface area contributed by atoms with Gasteiger partial charge < -0.3 is 0 Å². The molecule has 0 N–H and O–H groups in total. The Hall–Kier alpha value is -1.78. The van der Waals surface area contributed by atoms with Gasteiger partial charge in [0.25, 0.3) is 0 Å². The lowest BCUT2D eigenvalue weighted by atomic mass is 10.1. The highest BCUT2D eigenvalue weighted by Crippen LogP contribution is 2.24. The lowest BCUT2D eigenvalue weighted by Crippen LogP contribution is -2.48. The van der Waals surface area contributed by atoms with Crippen molar-refractivity contribution in [3.05, 3.63) is 60.2 Å². The lowest BCUT2D eigenvalue weighted by Gasteiger charge is -2.40. The molecule has 0 amide bonds. The van der Waals surface area contributed by atoms with E-state index in [0.717, 1.165) is 37.6 Å². The molecule has 0 bridgehead atoms. The molecule has 2 aromatic rings. The van der Waals surface area contributed by atoms with Crippen LogP contribution in [0.4, 0.5) is 0 Å². The van der Waals surface area contributed by atoms with Crippen LogP contribution in [0.3, 0.4) is 0 Å². The molecule has 3 rings (SSSR count). The molecule has 2 unspecified atom stereocenters. The van der Waals surface area contributed by atoms with Gasteiger partial charge in [0, 0.05) is 50.7 Å². The van der Waals surface area contributed by atoms with E-state index >= 15 is 0 Å². The third-order valence-electron chi connectivity index (χ3n) is 4.68. The molecule has 1 aliphatic rings. The standard InChI is InChI=1S/C18H24N4/c1-15(17-7-3-5-9-19-17)21-11-13-22(14-12-21)16(2)18-8-4-6-10-20-18/h3-10,15-16H,11-14H2,1-2H3. The molecule has 0 saturated carbocycles. The summed E-state index contributed by atoms with van der Waals surface area (Å²) >= 11 is 0. The molecule has 1 fully saturated rings. The quantitative estimate of drug-likeness (QED) is 0.868. The second-order valence-corrected chi connectivity index (χ2v) is 5.93. The normalized spacial score (nSPS) is 19.7. The zero-order chi connectivity index (χ0) is 15.4. The first-order chi connectivity index (χ1) is 10.8. The van der Waals surface area contributed by atoms with E-state index in [1.807, 2.05) is 24.5 Å². The third-order valence-corrected chi connectivity index (χ3v) is 4.68. The Kier molecular flexibility index (Phi) is 4.80. The predicted octanol–water partition coefficient (Wildman–Crippen LogP) is 2.92. The maximum absolute atomic E-state index is 4.49. The van der Waals surface area contributed by atoms with Crippen LogP contribution < -0.4 is 0 Å². The van der Waals surface area contributed by atoms with Gasteiger partial charge in [-0.25, -0.2) is 0 Å². The Labute approximate surface area is 132 Å². The van der Waals surface area contributed by atoms with Crippen LogP contribution in [0.2, 0.25) is 0 Å². The molecule has 2 aromatic heterocycles. The first-order valence-corrected chi connectivity index (χ1v) is 8.05. The summed E-state index contributed by atoms with van der Waals surface area (Å²) in [6.07, 6.45) is 3.76. The highest BCUT2D eigenvalue weighted by molar-refractivity contribution is 5.10. The summed E-state index contributed by atoms with van der Waals surface area (Å²) in [5.74, 6) is 0. The van der Waals surface area contributed by atoms with E-state index in [0.29, 0.717) is 12.1 Å². The van der Waals surface area contributed by atoms with Crippen molar-refractivity contribution in [2.24, 2.45) is 0 Å². The molecule has 0 aromatic carbocycles. The van der Waals surface area contributed by atoms with Gasteiger partial charge in [-0.15, -0.1) is 0 Å². The Balaban J connectivity index is 1.58. The molecule has 116 valence electrons. The molecule has 4 heteroatoms. The number of hydrogen-bond acceptors (Lipinski definition) is 4. The maximum Gasteiger partial charge on any atom is 0.0572 e. The molecule has 1 aliphatic heterocycles. The van der Waals surface area contributed by atoms with Crippen LogP contribution in [0.5, 0.6) is 0 Å². The fourth-order valence-corrected chi connectivity index (χ4v) is 3.13. The van der Waals surface area contributed by atoms with E-state index in [1.54, 1.807) is 0 Å². The molecule has 0 aliphatic carbocycles. The van der Waals surface area contributed by atoms with Gasteiger partial charge in [0.05, 0.1) is 11.4 Å². The second-order valence-electron chi connectivity index (χ2n) is 5.93. The van der Waals surface area contributed by atoms with Crippen LogP contribution in [0.25, 0.3) is 0 Å². The minimum Gasteiger partial charge on any atom is -0.293 e. The van der Waals surface area contributed by atoms with Gasteiger partial charge >= 0.3 is 0 Å². The highest BCUT2D eigenvalue weighted by Gasteiger charge is 2.25. The van der Waals surface area contributed by atoms with Crippen molar-refractivity contribution in [1.82, 2.24) is 19.8 Å². The highest BCUT2D eigenvalue weighted by atomic mass is 15.3. The van der Waals surface area contributed by atoms with Gasteiger partial charge in [-0.1, -0.05) is 12.1 Å². The van der Waals surface area contributed by atoms with Crippen molar-refractivity contribution in [2.45, 2.75) is 25.9 Å². The maximum atomic E-state index is 4.49. The zero-order valence-corrected chi connectivity index (χ0v) is 13.4. The van der Waals surface area contributed by atoms with Crippen molar-refractivity contribution in [2.75, 3.05) is 26.2 Å². The van der Waals surface area contributed by atoms with Crippen molar-refractivity contribution in [3.63, 3.8) is 0 Å². The first-order valence-electron chi connectivity index (χ1n) is 8.05. The Morgan fingerprint density at radius 1 is 0.727 bits per heavy atom. The van der Waals surface area contributed by atoms with Gasteiger partial charge in [0.1, 0.15) is 0 Å². The van der Waals surface area contributed by atoms with Gasteiger partial charge in [-0.05, 0) is 38.1 Å². The van der Waals surface area contributed by atoms with Gasteiger partial charge in [0.2, 0.25) is 0 Å². The van der Waals surface area contributed by atoms with E-state index < -0.39 is 0 Å². The van der Waals surface area contributed by atoms with E-state index in [1.165, 1.54) is 0 Å². The number of nitrogens with zero attached hydrogens (tertiary/aromatic N) is 4. The van der Waals surface area contributed by atoms with Crippen LogP contribution in [-0.2, 0) is 0 Å². The molecule has 3 heterocycles. The minimum absolute atomic E-state index is 0.383. The Morgan fingerprint density at radius 3 is 1.45 bits per heavy atom. The summed E-state index contributed by atoms with van der Waals surface area (Å²) in [6.45, 7) is 8.81. The summed E-state index contributed by atoms with van der Waals surface area (Å²) in [6, 6.07) is 13.1. The fraction of sp³-hybridized carbons (Fsp3) is 0.444. The number of pyridine rings is 2. The number of hydrogen-bond donors (Lipinski definition) is 0. The van der Waals surface area contributed by atoms with Gasteiger partial charge in [0.15, 0.2) is 0 Å². The molecular weight excluding hydrogens is 272 g/mol. The Morgan fingerprint density at radius 2 is 1.14 bits per heavy atom.